The zero-order chi connectivity index (χ0) is 12.8. The fourth-order valence-electron chi connectivity index (χ4n) is 1.91. The van der Waals surface area contributed by atoms with Crippen LogP contribution in [0.5, 0.6) is 0 Å². The maximum absolute atomic E-state index is 11.7. The molecular weight excluding hydrogens is 218 g/mol. The number of nitrogens with zero attached hydrogens (tertiary/aromatic N) is 1. The summed E-state index contributed by atoms with van der Waals surface area (Å²) in [5.41, 5.74) is 0.598. The van der Waals surface area contributed by atoms with Crippen LogP contribution in [0.2, 0.25) is 0 Å². The summed E-state index contributed by atoms with van der Waals surface area (Å²) in [6, 6.07) is 0. The van der Waals surface area contributed by atoms with Crippen molar-refractivity contribution in [3.63, 3.8) is 0 Å². The first kappa shape index (κ1) is 13.9. The topological polar surface area (TPSA) is 55.7 Å². The number of Topliss-reactive ketones (excluding diaryl/α,β-unsaturated/α-hetero) is 1. The van der Waals surface area contributed by atoms with Crippen LogP contribution in [-0.4, -0.2) is 30.1 Å². The molecule has 4 nitrogen and oxygen atoms in total. The molecule has 1 rings (SSSR count). The maximum Gasteiger partial charge on any atom is 0.323 e. The molecule has 0 aromatic rings. The molecule has 0 aromatic heterocycles. The molecule has 0 saturated carbocycles. The Morgan fingerprint density at radius 2 is 2.00 bits per heavy atom. The number of cyclic esters (lactones) is 1. The predicted octanol–water partition coefficient (Wildman–Crippen LogP) is 2.16. The smallest absolute Gasteiger partial charge is 0.323 e. The molecule has 0 N–H and O–H groups in total. The molecule has 4 heteroatoms. The Hall–Kier alpha value is -1.19. The SMILES string of the molecule is CCCCCCN=C(C)C1C(=O)O[C@@H](C)C1=O. The third-order valence-electron chi connectivity index (χ3n) is 3.00. The second kappa shape index (κ2) is 6.52. The molecule has 1 aliphatic rings. The summed E-state index contributed by atoms with van der Waals surface area (Å²) in [6.45, 7) is 6.19. The predicted molar refractivity (Wildman–Crippen MR) is 66.2 cm³/mol. The number of ketones is 1. The van der Waals surface area contributed by atoms with Crippen molar-refractivity contribution in [1.29, 1.82) is 0 Å². The van der Waals surface area contributed by atoms with Crippen molar-refractivity contribution in [2.75, 3.05) is 6.54 Å². The summed E-state index contributed by atoms with van der Waals surface area (Å²) < 4.78 is 4.88. The first-order chi connectivity index (χ1) is 8.07. The van der Waals surface area contributed by atoms with E-state index in [9.17, 15) is 9.59 Å². The molecule has 1 aliphatic heterocycles. The number of esters is 1. The highest BCUT2D eigenvalue weighted by molar-refractivity contribution is 6.22. The van der Waals surface area contributed by atoms with E-state index in [0.717, 1.165) is 12.8 Å². The van der Waals surface area contributed by atoms with Gasteiger partial charge in [0.05, 0.1) is 0 Å². The van der Waals surface area contributed by atoms with E-state index in [0.29, 0.717) is 12.3 Å². The highest BCUT2D eigenvalue weighted by Crippen LogP contribution is 2.18. The minimum atomic E-state index is -0.754. The summed E-state index contributed by atoms with van der Waals surface area (Å²) in [4.78, 5) is 27.4. The summed E-state index contributed by atoms with van der Waals surface area (Å²) in [5.74, 6) is -1.36. The molecule has 96 valence electrons. The van der Waals surface area contributed by atoms with Gasteiger partial charge in [-0.1, -0.05) is 26.2 Å². The Morgan fingerprint density at radius 1 is 1.29 bits per heavy atom. The highest BCUT2D eigenvalue weighted by atomic mass is 16.6. The largest absolute Gasteiger partial charge is 0.454 e. The quantitative estimate of drug-likeness (QED) is 0.309. The van der Waals surface area contributed by atoms with Crippen molar-refractivity contribution >= 4 is 17.5 Å². The van der Waals surface area contributed by atoms with Crippen LogP contribution in [0.3, 0.4) is 0 Å². The van der Waals surface area contributed by atoms with Crippen molar-refractivity contribution in [1.82, 2.24) is 0 Å². The van der Waals surface area contributed by atoms with E-state index >= 15 is 0 Å². The van der Waals surface area contributed by atoms with Gasteiger partial charge in [0.1, 0.15) is 0 Å². The molecular formula is C13H21NO3. The normalized spacial score (nSPS) is 25.2. The van der Waals surface area contributed by atoms with Gasteiger partial charge >= 0.3 is 5.97 Å². The zero-order valence-corrected chi connectivity index (χ0v) is 10.9. The molecule has 1 unspecified atom stereocenters. The molecule has 0 bridgehead atoms. The second-order valence-corrected chi connectivity index (χ2v) is 4.50. The van der Waals surface area contributed by atoms with Gasteiger partial charge in [0, 0.05) is 12.3 Å². The molecule has 17 heavy (non-hydrogen) atoms. The number of hydrogen-bond acceptors (Lipinski definition) is 4. The molecule has 0 amide bonds. The molecule has 0 radical (unpaired) electrons. The van der Waals surface area contributed by atoms with Crippen LogP contribution in [0.1, 0.15) is 46.5 Å². The molecule has 0 aromatic carbocycles. The lowest BCUT2D eigenvalue weighted by atomic mass is 9.99. The Morgan fingerprint density at radius 3 is 2.53 bits per heavy atom. The van der Waals surface area contributed by atoms with E-state index in [1.807, 2.05) is 0 Å². The van der Waals surface area contributed by atoms with Gasteiger partial charge in [0.25, 0.3) is 0 Å². The van der Waals surface area contributed by atoms with Crippen LogP contribution in [-0.2, 0) is 14.3 Å². The summed E-state index contributed by atoms with van der Waals surface area (Å²) >= 11 is 0. The minimum Gasteiger partial charge on any atom is -0.454 e. The summed E-state index contributed by atoms with van der Waals surface area (Å²) in [6.07, 6.45) is 3.94. The Labute approximate surface area is 102 Å². The van der Waals surface area contributed by atoms with E-state index in [-0.39, 0.29) is 5.78 Å². The first-order valence-corrected chi connectivity index (χ1v) is 6.33. The number of unbranched alkanes of at least 4 members (excludes halogenated alkanes) is 3. The van der Waals surface area contributed by atoms with E-state index in [4.69, 9.17) is 4.74 Å². The fourth-order valence-corrected chi connectivity index (χ4v) is 1.91. The zero-order valence-electron chi connectivity index (χ0n) is 10.9. The van der Waals surface area contributed by atoms with Crippen molar-refractivity contribution in [2.45, 2.75) is 52.6 Å². The molecule has 1 saturated heterocycles. The standard InChI is InChI=1S/C13H21NO3/c1-4-5-6-7-8-14-9(2)11-12(15)10(3)17-13(11)16/h10-11H,4-8H2,1-3H3/t10-,11?/m0/s1. The lowest BCUT2D eigenvalue weighted by Gasteiger charge is -2.04. The monoisotopic (exact) mass is 239 g/mol. The van der Waals surface area contributed by atoms with Crippen LogP contribution in [0, 0.1) is 5.92 Å². The Kier molecular flexibility index (Phi) is 5.32. The van der Waals surface area contributed by atoms with Gasteiger partial charge < -0.3 is 4.74 Å². The lowest BCUT2D eigenvalue weighted by Crippen LogP contribution is -2.25. The molecule has 2 atom stereocenters. The third kappa shape index (κ3) is 3.65. The van der Waals surface area contributed by atoms with Crippen LogP contribution in [0.15, 0.2) is 4.99 Å². The third-order valence-corrected chi connectivity index (χ3v) is 3.00. The van der Waals surface area contributed by atoms with Gasteiger partial charge in [0.15, 0.2) is 17.8 Å². The molecule has 0 spiro atoms. The van der Waals surface area contributed by atoms with Crippen LogP contribution < -0.4 is 0 Å². The number of ether oxygens (including phenoxy) is 1. The van der Waals surface area contributed by atoms with Gasteiger partial charge in [-0.05, 0) is 20.3 Å². The van der Waals surface area contributed by atoms with Crippen LogP contribution in [0.25, 0.3) is 0 Å². The van der Waals surface area contributed by atoms with E-state index in [1.54, 1.807) is 13.8 Å². The average molecular weight is 239 g/mol. The van der Waals surface area contributed by atoms with Crippen molar-refractivity contribution in [3.05, 3.63) is 0 Å². The Bertz CT molecular complexity index is 323. The Balaban J connectivity index is 2.46. The number of hydrogen-bond donors (Lipinski definition) is 0. The van der Waals surface area contributed by atoms with Gasteiger partial charge in [0.2, 0.25) is 0 Å². The molecule has 1 heterocycles. The first-order valence-electron chi connectivity index (χ1n) is 6.33. The fraction of sp³-hybridized carbons (Fsp3) is 0.769. The van der Waals surface area contributed by atoms with E-state index < -0.39 is 18.0 Å². The molecule has 1 fully saturated rings. The maximum atomic E-state index is 11.7. The number of aliphatic imine (C=N–C) groups is 1. The summed E-state index contributed by atoms with van der Waals surface area (Å²) in [5, 5.41) is 0. The highest BCUT2D eigenvalue weighted by Gasteiger charge is 2.42. The van der Waals surface area contributed by atoms with Crippen molar-refractivity contribution in [3.8, 4) is 0 Å². The molecule has 0 aliphatic carbocycles. The summed E-state index contributed by atoms with van der Waals surface area (Å²) in [7, 11) is 0. The van der Waals surface area contributed by atoms with Crippen molar-refractivity contribution in [2.24, 2.45) is 10.9 Å². The number of carbonyl (C=O) groups excluding carboxylic acids is 2. The minimum absolute atomic E-state index is 0.162. The number of carbonyl (C=O) groups is 2. The van der Waals surface area contributed by atoms with E-state index in [2.05, 4.69) is 11.9 Å². The van der Waals surface area contributed by atoms with Crippen LogP contribution >= 0.6 is 0 Å². The van der Waals surface area contributed by atoms with Gasteiger partial charge in [-0.3, -0.25) is 14.6 Å². The van der Waals surface area contributed by atoms with Crippen LogP contribution in [0.4, 0.5) is 0 Å². The van der Waals surface area contributed by atoms with Gasteiger partial charge in [-0.15, -0.1) is 0 Å². The van der Waals surface area contributed by atoms with E-state index in [1.165, 1.54) is 12.8 Å². The van der Waals surface area contributed by atoms with Crippen molar-refractivity contribution < 1.29 is 14.3 Å². The van der Waals surface area contributed by atoms with Gasteiger partial charge in [-0.25, -0.2) is 0 Å². The van der Waals surface area contributed by atoms with Gasteiger partial charge in [-0.2, -0.15) is 0 Å². The average Bonchev–Trinajstić information content (AvgIpc) is 2.53. The second-order valence-electron chi connectivity index (χ2n) is 4.50. The number of rotatable bonds is 6. The lowest BCUT2D eigenvalue weighted by molar-refractivity contribution is -0.142.